The molecule has 0 amide bonds. The molecule has 1 aliphatic rings. The lowest BCUT2D eigenvalue weighted by atomic mass is 9.99. The number of carbonyl (C=O) groups is 1. The van der Waals surface area contributed by atoms with Gasteiger partial charge in [-0.1, -0.05) is 0 Å². The fourth-order valence-electron chi connectivity index (χ4n) is 4.65. The van der Waals surface area contributed by atoms with E-state index in [0.717, 1.165) is 52.7 Å². The maximum absolute atomic E-state index is 12.5. The van der Waals surface area contributed by atoms with Gasteiger partial charge in [0.2, 0.25) is 5.75 Å². The molecule has 0 unspecified atom stereocenters. The quantitative estimate of drug-likeness (QED) is 0.336. The fraction of sp³-hybridized carbons (Fsp3) is 0.240. The molecule has 5 rings (SSSR count). The van der Waals surface area contributed by atoms with Crippen molar-refractivity contribution >= 4 is 17.1 Å². The van der Waals surface area contributed by atoms with Crippen LogP contribution in [0.4, 0.5) is 4.79 Å². The molecule has 4 N–H and O–H groups in total. The van der Waals surface area contributed by atoms with Crippen LogP contribution in [-0.4, -0.2) is 30.9 Å². The molecular formula is C25H24N4O5. The minimum Gasteiger partial charge on any atom is -0.504 e. The second-order valence-electron chi connectivity index (χ2n) is 8.43. The Balaban J connectivity index is 1.52. The topological polar surface area (TPSA) is 129 Å². The maximum atomic E-state index is 12.5. The van der Waals surface area contributed by atoms with Crippen LogP contribution >= 0.6 is 0 Å². The molecule has 1 aliphatic carbocycles. The lowest BCUT2D eigenvalue weighted by Gasteiger charge is -2.13. The number of nitrogens with zero attached hydrogens (tertiary/aromatic N) is 2. The highest BCUT2D eigenvalue weighted by Crippen LogP contribution is 2.40. The average molecular weight is 460 g/mol. The Kier molecular flexibility index (Phi) is 5.54. The highest BCUT2D eigenvalue weighted by atomic mass is 16.7. The number of hydrogen-bond acceptors (Lipinski definition) is 6. The third-order valence-electron chi connectivity index (χ3n) is 6.33. The first kappa shape index (κ1) is 21.7. The molecule has 3 aromatic heterocycles. The van der Waals surface area contributed by atoms with Crippen LogP contribution in [0.1, 0.15) is 28.8 Å². The van der Waals surface area contributed by atoms with Crippen molar-refractivity contribution in [2.45, 2.75) is 32.4 Å². The van der Waals surface area contributed by atoms with Gasteiger partial charge in [-0.2, -0.15) is 0 Å². The van der Waals surface area contributed by atoms with Gasteiger partial charge in [0.05, 0.1) is 5.69 Å². The van der Waals surface area contributed by atoms with Gasteiger partial charge in [0.15, 0.2) is 5.75 Å². The summed E-state index contributed by atoms with van der Waals surface area (Å²) in [5.74, 6) is -0.999. The molecule has 174 valence electrons. The minimum absolute atomic E-state index is 0.414. The molecule has 0 aliphatic heterocycles. The van der Waals surface area contributed by atoms with E-state index in [9.17, 15) is 14.7 Å². The Morgan fingerprint density at radius 3 is 2.76 bits per heavy atom. The summed E-state index contributed by atoms with van der Waals surface area (Å²) < 4.78 is 6.70. The van der Waals surface area contributed by atoms with Crippen molar-refractivity contribution in [1.82, 2.24) is 19.9 Å². The number of benzene rings is 1. The van der Waals surface area contributed by atoms with E-state index in [2.05, 4.69) is 36.7 Å². The molecule has 4 aromatic rings. The zero-order valence-electron chi connectivity index (χ0n) is 18.6. The molecule has 0 atom stereocenters. The van der Waals surface area contributed by atoms with E-state index >= 15 is 0 Å². The Labute approximate surface area is 194 Å². The van der Waals surface area contributed by atoms with Crippen LogP contribution in [0.25, 0.3) is 22.2 Å². The van der Waals surface area contributed by atoms with Gasteiger partial charge in [0, 0.05) is 60.3 Å². The van der Waals surface area contributed by atoms with Crippen LogP contribution in [-0.2, 0) is 33.0 Å². The highest BCUT2D eigenvalue weighted by Gasteiger charge is 2.25. The third-order valence-corrected chi connectivity index (χ3v) is 6.33. The predicted octanol–water partition coefficient (Wildman–Crippen LogP) is 3.47. The zero-order valence-corrected chi connectivity index (χ0v) is 18.6. The van der Waals surface area contributed by atoms with Crippen molar-refractivity contribution in [2.75, 3.05) is 0 Å². The second-order valence-corrected chi connectivity index (χ2v) is 8.43. The van der Waals surface area contributed by atoms with Gasteiger partial charge < -0.3 is 29.8 Å². The summed E-state index contributed by atoms with van der Waals surface area (Å²) in [5, 5.41) is 24.0. The Morgan fingerprint density at radius 1 is 1.21 bits per heavy atom. The number of aryl methyl sites for hydroxylation is 2. The largest absolute Gasteiger partial charge is 0.511 e. The van der Waals surface area contributed by atoms with Crippen molar-refractivity contribution in [1.29, 1.82) is 0 Å². The number of rotatable bonds is 5. The normalized spacial score (nSPS) is 12.7. The van der Waals surface area contributed by atoms with E-state index in [-0.39, 0.29) is 0 Å². The van der Waals surface area contributed by atoms with Crippen molar-refractivity contribution in [2.24, 2.45) is 7.05 Å². The highest BCUT2D eigenvalue weighted by molar-refractivity contribution is 5.89. The SMILES string of the molecule is Cn1c(CNCc2ccncc2)cc2cc3c(cc21)CCCc1c-3[nH]c(=O)c(OC(=O)O)c1O. The Morgan fingerprint density at radius 2 is 2.00 bits per heavy atom. The van der Waals surface area contributed by atoms with Gasteiger partial charge in [0.1, 0.15) is 0 Å². The third kappa shape index (κ3) is 3.90. The van der Waals surface area contributed by atoms with Gasteiger partial charge in [0.25, 0.3) is 5.56 Å². The number of nitrogens with one attached hydrogen (secondary N) is 2. The lowest BCUT2D eigenvalue weighted by Crippen LogP contribution is -2.17. The molecule has 0 fully saturated rings. The zero-order chi connectivity index (χ0) is 23.8. The first-order valence-electron chi connectivity index (χ1n) is 11.0. The summed E-state index contributed by atoms with van der Waals surface area (Å²) >= 11 is 0. The predicted molar refractivity (Wildman–Crippen MR) is 126 cm³/mol. The van der Waals surface area contributed by atoms with Crippen LogP contribution in [0.5, 0.6) is 11.5 Å². The average Bonchev–Trinajstić information content (AvgIpc) is 3.00. The standard InChI is InChI=1S/C25H24N4O5/c1-29-17(13-27-12-14-5-7-26-8-6-14)9-16-10-19-15(11-20(16)29)3-2-4-18-21(19)28-24(31)23(22(18)30)34-25(32)33/h5-11,27H,2-4,12-13H2,1H3,(H,32,33)(H2,28,30,31). The van der Waals surface area contributed by atoms with E-state index in [0.29, 0.717) is 24.2 Å². The minimum atomic E-state index is -1.65. The maximum Gasteiger partial charge on any atom is 0.511 e. The molecule has 9 heteroatoms. The van der Waals surface area contributed by atoms with E-state index < -0.39 is 23.2 Å². The lowest BCUT2D eigenvalue weighted by molar-refractivity contribution is 0.142. The Bertz CT molecular complexity index is 1460. The molecule has 1 aromatic carbocycles. The van der Waals surface area contributed by atoms with Gasteiger partial charge in [-0.05, 0) is 60.7 Å². The summed E-state index contributed by atoms with van der Waals surface area (Å²) in [7, 11) is 2.03. The van der Waals surface area contributed by atoms with Crippen molar-refractivity contribution in [3.63, 3.8) is 0 Å². The van der Waals surface area contributed by atoms with Crippen LogP contribution in [0.3, 0.4) is 0 Å². The number of fused-ring (bicyclic) bond motifs is 4. The van der Waals surface area contributed by atoms with E-state index in [1.54, 1.807) is 12.4 Å². The summed E-state index contributed by atoms with van der Waals surface area (Å²) in [5.41, 5.74) is 5.47. The molecule has 0 saturated carbocycles. The molecular weight excluding hydrogens is 436 g/mol. The number of hydrogen-bond donors (Lipinski definition) is 4. The summed E-state index contributed by atoms with van der Waals surface area (Å²) in [6.07, 6.45) is 3.89. The van der Waals surface area contributed by atoms with Crippen molar-refractivity contribution in [3.8, 4) is 22.8 Å². The first-order chi connectivity index (χ1) is 16.4. The number of aromatic amines is 1. The summed E-state index contributed by atoms with van der Waals surface area (Å²) in [4.78, 5) is 30.2. The molecule has 0 saturated heterocycles. The van der Waals surface area contributed by atoms with Crippen molar-refractivity contribution < 1.29 is 19.7 Å². The monoisotopic (exact) mass is 460 g/mol. The van der Waals surface area contributed by atoms with E-state index in [1.807, 2.05) is 25.2 Å². The van der Waals surface area contributed by atoms with Crippen LogP contribution in [0.2, 0.25) is 0 Å². The number of aromatic hydroxyl groups is 1. The summed E-state index contributed by atoms with van der Waals surface area (Å²) in [6.45, 7) is 1.41. The van der Waals surface area contributed by atoms with Gasteiger partial charge >= 0.3 is 6.16 Å². The molecule has 0 spiro atoms. The number of aromatic nitrogens is 3. The van der Waals surface area contributed by atoms with Gasteiger partial charge in [-0.3, -0.25) is 9.78 Å². The van der Waals surface area contributed by atoms with Crippen LogP contribution in [0.15, 0.2) is 47.5 Å². The number of ether oxygens (including phenoxy) is 1. The van der Waals surface area contributed by atoms with E-state index in [4.69, 9.17) is 5.11 Å². The number of carboxylic acid groups (broad SMARTS) is 1. The van der Waals surface area contributed by atoms with Crippen LogP contribution < -0.4 is 15.6 Å². The van der Waals surface area contributed by atoms with Gasteiger partial charge in [-0.15, -0.1) is 0 Å². The molecule has 3 heterocycles. The first-order valence-corrected chi connectivity index (χ1v) is 11.0. The molecule has 34 heavy (non-hydrogen) atoms. The number of H-pyrrole nitrogens is 1. The van der Waals surface area contributed by atoms with Crippen LogP contribution in [0, 0.1) is 0 Å². The molecule has 0 radical (unpaired) electrons. The second kappa shape index (κ2) is 8.68. The summed E-state index contributed by atoms with van der Waals surface area (Å²) in [6, 6.07) is 10.2. The smallest absolute Gasteiger partial charge is 0.504 e. The molecule has 0 bridgehead atoms. The van der Waals surface area contributed by atoms with E-state index in [1.165, 1.54) is 0 Å². The van der Waals surface area contributed by atoms with Crippen molar-refractivity contribution in [3.05, 3.63) is 75.5 Å². The fourth-order valence-corrected chi connectivity index (χ4v) is 4.65. The molecule has 9 nitrogen and oxygen atoms in total. The van der Waals surface area contributed by atoms with Gasteiger partial charge in [-0.25, -0.2) is 4.79 Å². The Hall–Kier alpha value is -4.11. The number of pyridine rings is 2.